The van der Waals surface area contributed by atoms with Gasteiger partial charge in [-0.15, -0.1) is 0 Å². The predicted octanol–water partition coefficient (Wildman–Crippen LogP) is 1.98. The Balaban J connectivity index is 2.66. The molecule has 0 radical (unpaired) electrons. The van der Waals surface area contributed by atoms with Crippen LogP contribution in [0.15, 0.2) is 18.3 Å². The average molecular weight is 257 g/mol. The second-order valence-electron chi connectivity index (χ2n) is 3.64. The summed E-state index contributed by atoms with van der Waals surface area (Å²) in [6.45, 7) is -0.427. The van der Waals surface area contributed by atoms with Gasteiger partial charge >= 0.3 is 6.18 Å². The summed E-state index contributed by atoms with van der Waals surface area (Å²) in [6, 6.07) is 4.53. The molecule has 0 aromatic carbocycles. The van der Waals surface area contributed by atoms with Crippen molar-refractivity contribution in [2.24, 2.45) is 0 Å². The Bertz CT molecular complexity index is 462. The fraction of sp³-hybridized carbons (Fsp3) is 0.364. The molecule has 0 saturated carbocycles. The van der Waals surface area contributed by atoms with Crippen LogP contribution < -0.4 is 0 Å². The van der Waals surface area contributed by atoms with Crippen LogP contribution in [-0.2, 0) is 0 Å². The van der Waals surface area contributed by atoms with E-state index in [9.17, 15) is 18.0 Å². The van der Waals surface area contributed by atoms with E-state index < -0.39 is 25.0 Å². The Morgan fingerprint density at radius 3 is 2.61 bits per heavy atom. The molecular weight excluding hydrogens is 247 g/mol. The van der Waals surface area contributed by atoms with Crippen molar-refractivity contribution in [1.82, 2.24) is 9.88 Å². The summed E-state index contributed by atoms with van der Waals surface area (Å²) in [4.78, 5) is 16.3. The zero-order valence-electron chi connectivity index (χ0n) is 9.53. The van der Waals surface area contributed by atoms with Gasteiger partial charge in [0, 0.05) is 19.8 Å². The third kappa shape index (κ3) is 4.05. The number of hydrogen-bond acceptors (Lipinski definition) is 3. The molecular formula is C11H10F3N3O. The monoisotopic (exact) mass is 257 g/mol. The van der Waals surface area contributed by atoms with Crippen molar-refractivity contribution in [3.05, 3.63) is 29.6 Å². The van der Waals surface area contributed by atoms with Gasteiger partial charge < -0.3 is 4.90 Å². The fourth-order valence-corrected chi connectivity index (χ4v) is 1.18. The van der Waals surface area contributed by atoms with Crippen LogP contribution in [0.1, 0.15) is 22.5 Å². The maximum absolute atomic E-state index is 12.0. The summed E-state index contributed by atoms with van der Waals surface area (Å²) in [5, 5.41) is 8.54. The van der Waals surface area contributed by atoms with E-state index >= 15 is 0 Å². The summed E-state index contributed by atoms with van der Waals surface area (Å²) >= 11 is 0. The molecule has 0 aliphatic heterocycles. The van der Waals surface area contributed by atoms with Gasteiger partial charge in [-0.05, 0) is 12.1 Å². The Hall–Kier alpha value is -2.10. The van der Waals surface area contributed by atoms with Gasteiger partial charge in [0.1, 0.15) is 11.8 Å². The number of rotatable bonds is 3. The molecule has 0 aliphatic rings. The number of nitrogens with zero attached hydrogens (tertiary/aromatic N) is 3. The van der Waals surface area contributed by atoms with E-state index in [4.69, 9.17) is 5.26 Å². The second-order valence-corrected chi connectivity index (χ2v) is 3.64. The first-order valence-electron chi connectivity index (χ1n) is 5.02. The van der Waals surface area contributed by atoms with Gasteiger partial charge in [0.25, 0.3) is 5.91 Å². The van der Waals surface area contributed by atoms with Crippen molar-refractivity contribution in [1.29, 1.82) is 5.26 Å². The first kappa shape index (κ1) is 14.0. The van der Waals surface area contributed by atoms with Crippen molar-refractivity contribution in [3.8, 4) is 6.07 Å². The van der Waals surface area contributed by atoms with E-state index in [0.29, 0.717) is 0 Å². The van der Waals surface area contributed by atoms with Crippen LogP contribution in [0.4, 0.5) is 13.2 Å². The molecule has 18 heavy (non-hydrogen) atoms. The molecule has 0 N–H and O–H groups in total. The van der Waals surface area contributed by atoms with Crippen molar-refractivity contribution in [2.75, 3.05) is 13.6 Å². The van der Waals surface area contributed by atoms with Gasteiger partial charge in [0.05, 0.1) is 12.0 Å². The van der Waals surface area contributed by atoms with Crippen molar-refractivity contribution >= 4 is 5.91 Å². The van der Waals surface area contributed by atoms with Gasteiger partial charge in [0.2, 0.25) is 0 Å². The topological polar surface area (TPSA) is 57.0 Å². The number of halogens is 3. The molecule has 0 saturated heterocycles. The molecule has 1 heterocycles. The van der Waals surface area contributed by atoms with Gasteiger partial charge in [-0.25, -0.2) is 4.98 Å². The second kappa shape index (κ2) is 5.49. The number of carbonyl (C=O) groups excluding carboxylic acids is 1. The van der Waals surface area contributed by atoms with Crippen LogP contribution in [0.2, 0.25) is 0 Å². The summed E-state index contributed by atoms with van der Waals surface area (Å²) in [6.07, 6.45) is -4.16. The van der Waals surface area contributed by atoms with Crippen LogP contribution >= 0.6 is 0 Å². The lowest BCUT2D eigenvalue weighted by Crippen LogP contribution is -2.31. The molecule has 0 atom stereocenters. The van der Waals surface area contributed by atoms with E-state index in [1.807, 2.05) is 6.07 Å². The molecule has 1 aromatic rings. The Morgan fingerprint density at radius 2 is 2.17 bits per heavy atom. The molecule has 0 fully saturated rings. The highest BCUT2D eigenvalue weighted by atomic mass is 19.4. The molecule has 0 spiro atoms. The molecule has 96 valence electrons. The highest BCUT2D eigenvalue weighted by Crippen LogP contribution is 2.19. The quantitative estimate of drug-likeness (QED) is 0.831. The van der Waals surface area contributed by atoms with Gasteiger partial charge in [-0.3, -0.25) is 4.79 Å². The van der Waals surface area contributed by atoms with Gasteiger partial charge in [-0.1, -0.05) is 0 Å². The normalized spacial score (nSPS) is 10.8. The van der Waals surface area contributed by atoms with Gasteiger partial charge in [-0.2, -0.15) is 18.4 Å². The number of nitriles is 1. The number of hydrogen-bond donors (Lipinski definition) is 0. The van der Waals surface area contributed by atoms with E-state index in [0.717, 1.165) is 4.90 Å². The lowest BCUT2D eigenvalue weighted by atomic mass is 10.2. The van der Waals surface area contributed by atoms with Crippen molar-refractivity contribution < 1.29 is 18.0 Å². The third-order valence-electron chi connectivity index (χ3n) is 2.19. The number of aromatic nitrogens is 1. The Labute approximate surface area is 102 Å². The maximum atomic E-state index is 12.0. The molecule has 1 rings (SSSR count). The first-order valence-corrected chi connectivity index (χ1v) is 5.02. The molecule has 0 unspecified atom stereocenters. The highest BCUT2D eigenvalue weighted by Gasteiger charge is 2.28. The largest absolute Gasteiger partial charge is 0.390 e. The predicted molar refractivity (Wildman–Crippen MR) is 56.6 cm³/mol. The molecule has 1 amide bonds. The first-order chi connectivity index (χ1) is 8.33. The number of pyridine rings is 1. The lowest BCUT2D eigenvalue weighted by Gasteiger charge is -2.17. The summed E-state index contributed by atoms with van der Waals surface area (Å²) in [5.74, 6) is -0.608. The van der Waals surface area contributed by atoms with Crippen LogP contribution in [0.5, 0.6) is 0 Å². The standard InChI is InChI=1S/C11H10F3N3O/c1-17(5-4-11(12,13)14)10(18)9-3-2-8(6-15)7-16-9/h2-3,7H,4-5H2,1H3. The van der Waals surface area contributed by atoms with Crippen molar-refractivity contribution in [2.45, 2.75) is 12.6 Å². The van der Waals surface area contributed by atoms with Gasteiger partial charge in [0.15, 0.2) is 0 Å². The molecule has 1 aromatic heterocycles. The van der Waals surface area contributed by atoms with Crippen molar-refractivity contribution in [3.63, 3.8) is 0 Å². The molecule has 0 bridgehead atoms. The average Bonchev–Trinajstić information content (AvgIpc) is 2.34. The number of carbonyl (C=O) groups is 1. The summed E-state index contributed by atoms with van der Waals surface area (Å²) in [7, 11) is 1.27. The maximum Gasteiger partial charge on any atom is 0.390 e. The zero-order valence-corrected chi connectivity index (χ0v) is 9.53. The van der Waals surface area contributed by atoms with E-state index in [1.54, 1.807) is 0 Å². The fourth-order valence-electron chi connectivity index (χ4n) is 1.18. The number of amides is 1. The van der Waals surface area contributed by atoms with E-state index in [2.05, 4.69) is 4.98 Å². The lowest BCUT2D eigenvalue weighted by molar-refractivity contribution is -0.136. The van der Waals surface area contributed by atoms with E-state index in [-0.39, 0.29) is 11.3 Å². The highest BCUT2D eigenvalue weighted by molar-refractivity contribution is 5.92. The molecule has 7 heteroatoms. The van der Waals surface area contributed by atoms with Crippen LogP contribution in [0, 0.1) is 11.3 Å². The minimum Gasteiger partial charge on any atom is -0.340 e. The van der Waals surface area contributed by atoms with E-state index in [1.165, 1.54) is 25.4 Å². The third-order valence-corrected chi connectivity index (χ3v) is 2.19. The van der Waals surface area contributed by atoms with Crippen LogP contribution in [-0.4, -0.2) is 35.6 Å². The minimum atomic E-state index is -4.30. The van der Waals surface area contributed by atoms with Crippen LogP contribution in [0.3, 0.4) is 0 Å². The SMILES string of the molecule is CN(CCC(F)(F)F)C(=O)c1ccc(C#N)cn1. The molecule has 4 nitrogen and oxygen atoms in total. The Morgan fingerprint density at radius 1 is 1.50 bits per heavy atom. The molecule has 0 aliphatic carbocycles. The minimum absolute atomic E-state index is 0.0127. The zero-order chi connectivity index (χ0) is 13.8. The smallest absolute Gasteiger partial charge is 0.340 e. The number of alkyl halides is 3. The summed E-state index contributed by atoms with van der Waals surface area (Å²) < 4.78 is 36.0. The van der Waals surface area contributed by atoms with Crippen LogP contribution in [0.25, 0.3) is 0 Å². The Kier molecular flexibility index (Phi) is 4.26. The summed E-state index contributed by atoms with van der Waals surface area (Å²) in [5.41, 5.74) is 0.295.